The first-order valence-corrected chi connectivity index (χ1v) is 15.2. The van der Waals surface area contributed by atoms with E-state index in [1.165, 1.54) is 19.2 Å². The Hall–Kier alpha value is -4.37. The lowest BCUT2D eigenvalue weighted by Crippen LogP contribution is -2.76. The van der Waals surface area contributed by atoms with Gasteiger partial charge in [-0.1, -0.05) is 5.16 Å². The lowest BCUT2D eigenvalue weighted by molar-refractivity contribution is -0.751. The molecule has 0 saturated carbocycles. The van der Waals surface area contributed by atoms with Gasteiger partial charge in [0, 0.05) is 5.38 Å². The minimum Gasteiger partial charge on any atom is -0.489 e. The van der Waals surface area contributed by atoms with Crippen molar-refractivity contribution in [1.29, 1.82) is 0 Å². The van der Waals surface area contributed by atoms with Gasteiger partial charge in [0.25, 0.3) is 17.9 Å². The molecule has 1 aromatic carbocycles. The number of nitrogens with zero attached hydrogens (tertiary/aromatic N) is 5. The molecule has 238 valence electrons. The molecule has 0 aliphatic carbocycles. The molecule has 1 fully saturated rings. The summed E-state index contributed by atoms with van der Waals surface area (Å²) in [6, 6.07) is 3.92. The zero-order chi connectivity index (χ0) is 32.4. The number of amides is 2. The lowest BCUT2D eigenvalue weighted by Gasteiger charge is -2.50. The van der Waals surface area contributed by atoms with E-state index in [9.17, 15) is 27.9 Å². The van der Waals surface area contributed by atoms with E-state index in [1.807, 2.05) is 28.7 Å². The van der Waals surface area contributed by atoms with Gasteiger partial charge in [0.15, 0.2) is 17.9 Å². The molecular weight excluding hydrogens is 624 g/mol. The number of carbonyl (C=O) groups excluding carboxylic acids is 2. The predicted octanol–water partition coefficient (Wildman–Crippen LogP) is -1.05. The number of aryl methyl sites for hydroxylation is 2. The van der Waals surface area contributed by atoms with Crippen molar-refractivity contribution in [1.82, 2.24) is 20.0 Å². The topological polar surface area (TPSA) is 255 Å². The zero-order valence-corrected chi connectivity index (χ0v) is 25.4. The van der Waals surface area contributed by atoms with Crippen molar-refractivity contribution in [2.75, 3.05) is 18.9 Å². The summed E-state index contributed by atoms with van der Waals surface area (Å²) in [5.74, 6) is -3.09. The standard InChI is InChI=1S/C24H30N8O10S2/c1-24(2)19(21(34)32(24)42-44(37,38)39)28-20(33)18(15-12-43-23(26)27-15)29-41-17(22(35)36)11-40-14-5-6-16-13(9-14)10-30(3)31(16)8-4-7-25/h5-6,9-10,12,17,19H,4,7-8,11,25H2,1-3H3,(H4-,26,27,28,33,35,36,37,38,39)/p+1. The number of nitrogens with two attached hydrogens (primary N) is 2. The van der Waals surface area contributed by atoms with Crippen LogP contribution in [-0.4, -0.2) is 87.1 Å². The van der Waals surface area contributed by atoms with Crippen LogP contribution >= 0.6 is 11.3 Å². The molecule has 20 heteroatoms. The lowest BCUT2D eigenvalue weighted by atomic mass is 9.84. The number of aromatic nitrogens is 3. The second-order valence-corrected chi connectivity index (χ2v) is 12.0. The van der Waals surface area contributed by atoms with Crippen LogP contribution in [0.4, 0.5) is 5.13 Å². The minimum atomic E-state index is -5.01. The van der Waals surface area contributed by atoms with Crippen molar-refractivity contribution in [3.8, 4) is 5.75 Å². The summed E-state index contributed by atoms with van der Waals surface area (Å²) < 4.78 is 45.0. The second kappa shape index (κ2) is 12.7. The summed E-state index contributed by atoms with van der Waals surface area (Å²) in [6.07, 6.45) is 1.01. The Morgan fingerprint density at radius 1 is 1.34 bits per heavy atom. The highest BCUT2D eigenvalue weighted by Gasteiger charge is 2.58. The van der Waals surface area contributed by atoms with Gasteiger partial charge in [0.2, 0.25) is 6.20 Å². The fourth-order valence-corrected chi connectivity index (χ4v) is 5.38. The van der Waals surface area contributed by atoms with Gasteiger partial charge >= 0.3 is 16.4 Å². The number of carboxylic acids is 1. The van der Waals surface area contributed by atoms with Crippen LogP contribution in [0.3, 0.4) is 0 Å². The number of fused-ring (bicyclic) bond motifs is 1. The number of rotatable bonds is 14. The third kappa shape index (κ3) is 7.05. The van der Waals surface area contributed by atoms with Crippen LogP contribution < -0.4 is 26.2 Å². The van der Waals surface area contributed by atoms with Gasteiger partial charge in [-0.15, -0.1) is 20.3 Å². The van der Waals surface area contributed by atoms with Crippen LogP contribution in [0.2, 0.25) is 0 Å². The van der Waals surface area contributed by atoms with Crippen molar-refractivity contribution in [2.24, 2.45) is 17.9 Å². The Balaban J connectivity index is 1.49. The van der Waals surface area contributed by atoms with Gasteiger partial charge in [0.1, 0.15) is 29.6 Å². The number of carboxylic acid groups (broad SMARTS) is 1. The third-order valence-corrected chi connectivity index (χ3v) is 7.62. The average Bonchev–Trinajstić information content (AvgIpc) is 3.51. The van der Waals surface area contributed by atoms with Crippen LogP contribution in [0.15, 0.2) is 34.9 Å². The van der Waals surface area contributed by atoms with Crippen LogP contribution in [0.5, 0.6) is 5.75 Å². The molecule has 0 bridgehead atoms. The molecule has 4 rings (SSSR count). The Kier molecular flexibility index (Phi) is 9.39. The number of thiazole rings is 1. The van der Waals surface area contributed by atoms with E-state index in [1.54, 1.807) is 12.1 Å². The predicted molar refractivity (Wildman–Crippen MR) is 153 cm³/mol. The molecule has 3 heterocycles. The second-order valence-electron chi connectivity index (χ2n) is 10.1. The first-order valence-electron chi connectivity index (χ1n) is 12.9. The number of nitrogen functional groups attached to an aromatic ring is 1. The number of hydroxylamine groups is 2. The van der Waals surface area contributed by atoms with Crippen molar-refractivity contribution >= 4 is 61.3 Å². The Morgan fingerprint density at radius 2 is 2.07 bits per heavy atom. The zero-order valence-electron chi connectivity index (χ0n) is 23.7. The largest absolute Gasteiger partial charge is 0.489 e. The molecule has 1 aliphatic heterocycles. The number of ether oxygens (including phenoxy) is 1. The molecular formula is C24H31N8O10S2+. The monoisotopic (exact) mass is 655 g/mol. The summed E-state index contributed by atoms with van der Waals surface area (Å²) in [6.45, 7) is 3.49. The smallest absolute Gasteiger partial charge is 0.418 e. The Labute approximate surface area is 254 Å². The van der Waals surface area contributed by atoms with Gasteiger partial charge in [0.05, 0.1) is 17.5 Å². The average molecular weight is 656 g/mol. The number of β-lactam (4-membered cyclic amide) rings is 1. The van der Waals surface area contributed by atoms with Crippen molar-refractivity contribution in [3.05, 3.63) is 35.5 Å². The molecule has 0 radical (unpaired) electrons. The molecule has 1 saturated heterocycles. The number of carbonyl (C=O) groups is 3. The molecule has 7 N–H and O–H groups in total. The number of nitrogens with one attached hydrogen (secondary N) is 1. The number of oxime groups is 1. The van der Waals surface area contributed by atoms with Crippen molar-refractivity contribution in [3.63, 3.8) is 0 Å². The summed E-state index contributed by atoms with van der Waals surface area (Å²) in [7, 11) is -3.12. The van der Waals surface area contributed by atoms with Gasteiger partial charge in [-0.25, -0.2) is 9.78 Å². The summed E-state index contributed by atoms with van der Waals surface area (Å²) in [5, 5.41) is 18.5. The highest BCUT2D eigenvalue weighted by atomic mass is 32.3. The van der Waals surface area contributed by atoms with Crippen LogP contribution in [-0.2, 0) is 47.5 Å². The molecule has 1 aliphatic rings. The SMILES string of the molecule is C[n+]1cc2cc(OCC(ON=C(C(=O)NC3C(=O)N(OS(=O)(=O)O)C3(C)C)c3csc(N)n3)C(=O)O)ccc2n1CCCN. The van der Waals surface area contributed by atoms with Crippen LogP contribution in [0.25, 0.3) is 10.9 Å². The van der Waals surface area contributed by atoms with E-state index in [0.717, 1.165) is 28.7 Å². The highest BCUT2D eigenvalue weighted by molar-refractivity contribution is 7.80. The third-order valence-electron chi connectivity index (χ3n) is 6.61. The maximum absolute atomic E-state index is 13.2. The molecule has 18 nitrogen and oxygen atoms in total. The van der Waals surface area contributed by atoms with Crippen molar-refractivity contribution < 1.29 is 51.0 Å². The maximum Gasteiger partial charge on any atom is 0.418 e. The van der Waals surface area contributed by atoms with Gasteiger partial charge in [-0.05, 0) is 45.0 Å². The minimum absolute atomic E-state index is 0.0621. The number of hydrogen-bond donors (Lipinski definition) is 5. The van der Waals surface area contributed by atoms with Crippen LogP contribution in [0.1, 0.15) is 26.0 Å². The van der Waals surface area contributed by atoms with Crippen molar-refractivity contribution in [2.45, 2.75) is 44.5 Å². The first-order chi connectivity index (χ1) is 20.6. The Morgan fingerprint density at radius 3 is 2.66 bits per heavy atom. The fraction of sp³-hybridized carbons (Fsp3) is 0.417. The Bertz CT molecular complexity index is 1720. The van der Waals surface area contributed by atoms with Gasteiger partial charge in [-0.2, -0.15) is 18.2 Å². The normalized spacial score (nSPS) is 17.3. The quantitative estimate of drug-likeness (QED) is 0.0457. The van der Waals surface area contributed by atoms with E-state index in [-0.39, 0.29) is 10.8 Å². The van der Waals surface area contributed by atoms with E-state index in [0.29, 0.717) is 23.9 Å². The van der Waals surface area contributed by atoms with E-state index < -0.39 is 58.2 Å². The van der Waals surface area contributed by atoms with Gasteiger partial charge < -0.3 is 31.5 Å². The number of benzene rings is 1. The highest BCUT2D eigenvalue weighted by Crippen LogP contribution is 2.33. The molecule has 2 amide bonds. The first kappa shape index (κ1) is 32.5. The molecule has 2 atom stereocenters. The van der Waals surface area contributed by atoms with E-state index in [2.05, 4.69) is 19.7 Å². The summed E-state index contributed by atoms with van der Waals surface area (Å²) in [4.78, 5) is 46.8. The molecule has 3 aromatic rings. The fourth-order valence-electron chi connectivity index (χ4n) is 4.38. The molecule has 2 unspecified atom stereocenters. The van der Waals surface area contributed by atoms with Crippen LogP contribution in [0, 0.1) is 0 Å². The summed E-state index contributed by atoms with van der Waals surface area (Å²) >= 11 is 0.962. The maximum atomic E-state index is 13.2. The molecule has 2 aromatic heterocycles. The summed E-state index contributed by atoms with van der Waals surface area (Å²) in [5.41, 5.74) is 10.2. The van der Waals surface area contributed by atoms with E-state index >= 15 is 0 Å². The van der Waals surface area contributed by atoms with E-state index in [4.69, 9.17) is 25.6 Å². The number of aliphatic carboxylic acids is 1. The number of hydrogen-bond acceptors (Lipinski definition) is 13. The number of anilines is 1. The molecule has 44 heavy (non-hydrogen) atoms. The van der Waals surface area contributed by atoms with Gasteiger partial charge in [-0.3, -0.25) is 14.1 Å². The molecule has 0 spiro atoms.